The maximum absolute atomic E-state index is 11.8. The molecule has 0 aromatic carbocycles. The Morgan fingerprint density at radius 1 is 1.50 bits per heavy atom. The van der Waals surface area contributed by atoms with Gasteiger partial charge < -0.3 is 15.0 Å². The van der Waals surface area contributed by atoms with Gasteiger partial charge >= 0.3 is 0 Å². The SMILES string of the molecule is CCCCCN1CC(C(=O)NCCOC)CC1=O. The summed E-state index contributed by atoms with van der Waals surface area (Å²) in [7, 11) is 1.60. The number of methoxy groups -OCH3 is 1. The maximum atomic E-state index is 11.8. The van der Waals surface area contributed by atoms with Crippen molar-refractivity contribution >= 4 is 11.8 Å². The van der Waals surface area contributed by atoms with Crippen molar-refractivity contribution < 1.29 is 14.3 Å². The summed E-state index contributed by atoms with van der Waals surface area (Å²) in [5.74, 6) is -0.104. The molecule has 0 radical (unpaired) electrons. The second-order valence-corrected chi connectivity index (χ2v) is 4.73. The number of ether oxygens (including phenoxy) is 1. The van der Waals surface area contributed by atoms with Crippen LogP contribution in [0.25, 0.3) is 0 Å². The Balaban J connectivity index is 2.28. The third kappa shape index (κ3) is 4.64. The predicted octanol–water partition coefficient (Wildman–Crippen LogP) is 0.788. The molecule has 1 atom stereocenters. The molecule has 0 aromatic heterocycles. The molecule has 1 saturated heterocycles. The van der Waals surface area contributed by atoms with Crippen LogP contribution in [0.2, 0.25) is 0 Å². The molecule has 0 bridgehead atoms. The Labute approximate surface area is 109 Å². The number of likely N-dealkylation sites (tertiary alicyclic amines) is 1. The zero-order chi connectivity index (χ0) is 13.4. The molecule has 0 spiro atoms. The fourth-order valence-corrected chi connectivity index (χ4v) is 2.14. The van der Waals surface area contributed by atoms with Gasteiger partial charge in [0.25, 0.3) is 0 Å². The molecule has 1 aliphatic heterocycles. The van der Waals surface area contributed by atoms with Crippen LogP contribution < -0.4 is 5.32 Å². The van der Waals surface area contributed by atoms with Crippen molar-refractivity contribution in [3.05, 3.63) is 0 Å². The smallest absolute Gasteiger partial charge is 0.225 e. The molecule has 1 N–H and O–H groups in total. The van der Waals surface area contributed by atoms with E-state index in [9.17, 15) is 9.59 Å². The van der Waals surface area contributed by atoms with Gasteiger partial charge in [0, 0.05) is 33.2 Å². The lowest BCUT2D eigenvalue weighted by atomic mass is 10.1. The van der Waals surface area contributed by atoms with Gasteiger partial charge in [-0.15, -0.1) is 0 Å². The van der Waals surface area contributed by atoms with E-state index >= 15 is 0 Å². The van der Waals surface area contributed by atoms with Crippen molar-refractivity contribution in [2.75, 3.05) is 33.4 Å². The first-order valence-electron chi connectivity index (χ1n) is 6.73. The van der Waals surface area contributed by atoms with Crippen LogP contribution in [0.3, 0.4) is 0 Å². The summed E-state index contributed by atoms with van der Waals surface area (Å²) in [6, 6.07) is 0. The van der Waals surface area contributed by atoms with E-state index in [1.165, 1.54) is 0 Å². The minimum atomic E-state index is -0.184. The van der Waals surface area contributed by atoms with Crippen LogP contribution in [0.4, 0.5) is 0 Å². The summed E-state index contributed by atoms with van der Waals surface area (Å²) in [6.45, 7) is 4.51. The van der Waals surface area contributed by atoms with Gasteiger partial charge in [-0.25, -0.2) is 0 Å². The highest BCUT2D eigenvalue weighted by Crippen LogP contribution is 2.18. The van der Waals surface area contributed by atoms with Gasteiger partial charge in [0.1, 0.15) is 0 Å². The third-order valence-electron chi connectivity index (χ3n) is 3.22. The Kier molecular flexibility index (Phi) is 6.72. The average Bonchev–Trinajstić information content (AvgIpc) is 2.72. The van der Waals surface area contributed by atoms with Crippen molar-refractivity contribution in [2.45, 2.75) is 32.6 Å². The summed E-state index contributed by atoms with van der Waals surface area (Å²) < 4.78 is 4.87. The highest BCUT2D eigenvalue weighted by molar-refractivity contribution is 5.89. The Morgan fingerprint density at radius 3 is 2.94 bits per heavy atom. The molecule has 0 saturated carbocycles. The second-order valence-electron chi connectivity index (χ2n) is 4.73. The molecule has 1 aliphatic rings. The lowest BCUT2D eigenvalue weighted by molar-refractivity contribution is -0.129. The van der Waals surface area contributed by atoms with Gasteiger partial charge in [0.2, 0.25) is 11.8 Å². The Hall–Kier alpha value is -1.10. The van der Waals surface area contributed by atoms with E-state index in [4.69, 9.17) is 4.74 Å². The number of nitrogens with one attached hydrogen (secondary N) is 1. The topological polar surface area (TPSA) is 58.6 Å². The first-order valence-corrected chi connectivity index (χ1v) is 6.73. The van der Waals surface area contributed by atoms with E-state index in [0.29, 0.717) is 26.1 Å². The van der Waals surface area contributed by atoms with E-state index in [2.05, 4.69) is 12.2 Å². The van der Waals surface area contributed by atoms with E-state index in [1.807, 2.05) is 4.90 Å². The van der Waals surface area contributed by atoms with Gasteiger partial charge in [-0.2, -0.15) is 0 Å². The lowest BCUT2D eigenvalue weighted by Gasteiger charge is -2.16. The van der Waals surface area contributed by atoms with E-state index in [1.54, 1.807) is 7.11 Å². The minimum absolute atomic E-state index is 0.0293. The largest absolute Gasteiger partial charge is 0.383 e. The maximum Gasteiger partial charge on any atom is 0.225 e. The highest BCUT2D eigenvalue weighted by atomic mass is 16.5. The molecule has 1 rings (SSSR count). The summed E-state index contributed by atoms with van der Waals surface area (Å²) in [5.41, 5.74) is 0. The monoisotopic (exact) mass is 256 g/mol. The standard InChI is InChI=1S/C13H24N2O3/c1-3-4-5-7-15-10-11(9-12(15)16)13(17)14-6-8-18-2/h11H,3-10H2,1-2H3,(H,14,17). The highest BCUT2D eigenvalue weighted by Gasteiger charge is 2.33. The van der Waals surface area contributed by atoms with Gasteiger partial charge in [-0.3, -0.25) is 9.59 Å². The van der Waals surface area contributed by atoms with Crippen LogP contribution >= 0.6 is 0 Å². The quantitative estimate of drug-likeness (QED) is 0.653. The normalized spacial score (nSPS) is 19.3. The molecule has 1 heterocycles. The second kappa shape index (κ2) is 8.08. The van der Waals surface area contributed by atoms with Crippen molar-refractivity contribution in [3.63, 3.8) is 0 Å². The first kappa shape index (κ1) is 15.0. The van der Waals surface area contributed by atoms with Crippen LogP contribution in [0.5, 0.6) is 0 Å². The molecule has 1 unspecified atom stereocenters. The summed E-state index contributed by atoms with van der Waals surface area (Å²) in [6.07, 6.45) is 3.66. The van der Waals surface area contributed by atoms with Gasteiger partial charge in [0.05, 0.1) is 12.5 Å². The zero-order valence-corrected chi connectivity index (χ0v) is 11.4. The molecular weight excluding hydrogens is 232 g/mol. The van der Waals surface area contributed by atoms with Crippen LogP contribution in [0.15, 0.2) is 0 Å². The molecule has 18 heavy (non-hydrogen) atoms. The summed E-state index contributed by atoms with van der Waals surface area (Å²) >= 11 is 0. The Morgan fingerprint density at radius 2 is 2.28 bits per heavy atom. The molecule has 104 valence electrons. The number of hydrogen-bond acceptors (Lipinski definition) is 3. The number of carbonyl (C=O) groups excluding carboxylic acids is 2. The van der Waals surface area contributed by atoms with Crippen molar-refractivity contribution in [3.8, 4) is 0 Å². The van der Waals surface area contributed by atoms with Gasteiger partial charge in [-0.05, 0) is 6.42 Å². The molecule has 0 aliphatic carbocycles. The number of carbonyl (C=O) groups is 2. The average molecular weight is 256 g/mol. The van der Waals surface area contributed by atoms with Crippen LogP contribution in [0.1, 0.15) is 32.6 Å². The van der Waals surface area contributed by atoms with Crippen molar-refractivity contribution in [1.82, 2.24) is 10.2 Å². The van der Waals surface area contributed by atoms with E-state index in [-0.39, 0.29) is 17.7 Å². The molecule has 5 nitrogen and oxygen atoms in total. The number of rotatable bonds is 8. The molecule has 1 fully saturated rings. The van der Waals surface area contributed by atoms with E-state index < -0.39 is 0 Å². The summed E-state index contributed by atoms with van der Waals surface area (Å²) in [4.78, 5) is 25.3. The van der Waals surface area contributed by atoms with Crippen LogP contribution in [-0.4, -0.2) is 50.1 Å². The molecule has 5 heteroatoms. The number of nitrogens with zero attached hydrogens (tertiary/aromatic N) is 1. The fourth-order valence-electron chi connectivity index (χ4n) is 2.14. The fraction of sp³-hybridized carbons (Fsp3) is 0.846. The lowest BCUT2D eigenvalue weighted by Crippen LogP contribution is -2.34. The first-order chi connectivity index (χ1) is 8.69. The van der Waals surface area contributed by atoms with Crippen LogP contribution in [-0.2, 0) is 14.3 Å². The van der Waals surface area contributed by atoms with Gasteiger partial charge in [0.15, 0.2) is 0 Å². The number of amides is 2. The third-order valence-corrected chi connectivity index (χ3v) is 3.22. The van der Waals surface area contributed by atoms with Crippen LogP contribution in [0, 0.1) is 5.92 Å². The van der Waals surface area contributed by atoms with E-state index in [0.717, 1.165) is 25.8 Å². The minimum Gasteiger partial charge on any atom is -0.383 e. The molecular formula is C13H24N2O3. The van der Waals surface area contributed by atoms with Gasteiger partial charge in [-0.1, -0.05) is 19.8 Å². The number of hydrogen-bond donors (Lipinski definition) is 1. The Bertz CT molecular complexity index is 281. The number of unbranched alkanes of at least 4 members (excludes halogenated alkanes) is 2. The molecule has 0 aromatic rings. The van der Waals surface area contributed by atoms with Crippen molar-refractivity contribution in [2.24, 2.45) is 5.92 Å². The molecule has 2 amide bonds. The van der Waals surface area contributed by atoms with Crippen molar-refractivity contribution in [1.29, 1.82) is 0 Å². The zero-order valence-electron chi connectivity index (χ0n) is 11.4. The predicted molar refractivity (Wildman–Crippen MR) is 69.1 cm³/mol. The summed E-state index contributed by atoms with van der Waals surface area (Å²) in [5, 5.41) is 2.79.